The Morgan fingerprint density at radius 1 is 1.26 bits per heavy atom. The molecule has 2 N–H and O–H groups in total. The first kappa shape index (κ1) is 17.9. The van der Waals surface area contributed by atoms with Crippen molar-refractivity contribution >= 4 is 23.0 Å². The van der Waals surface area contributed by atoms with E-state index in [1.54, 1.807) is 0 Å². The van der Waals surface area contributed by atoms with Gasteiger partial charge in [-0.15, -0.1) is 17.0 Å². The molecule has 19 heavy (non-hydrogen) atoms. The monoisotopic (exact) mass is 331 g/mol. The van der Waals surface area contributed by atoms with E-state index < -0.39 is 0 Å². The van der Waals surface area contributed by atoms with Gasteiger partial charge in [0.05, 0.1) is 13.0 Å². The number of ether oxygens (including phenoxy) is 2. The maximum Gasteiger partial charge on any atom is 0.313 e. The Kier molecular flexibility index (Phi) is 8.43. The van der Waals surface area contributed by atoms with E-state index in [0.717, 1.165) is 11.3 Å². The molecule has 0 amide bonds. The molecule has 0 radical (unpaired) electrons. The standard InChI is InChI=1S/C14H21NO3.BrH/c1-10(2)13(14(16)17-3)11-4-6-12(7-5-11)18-9-8-15;/h4-7,10,13H,8-9,15H2,1-3H3;1H. The van der Waals surface area contributed by atoms with Crippen molar-refractivity contribution < 1.29 is 14.3 Å². The summed E-state index contributed by atoms with van der Waals surface area (Å²) in [5, 5.41) is 0. The normalized spacial score (nSPS) is 11.6. The van der Waals surface area contributed by atoms with E-state index in [2.05, 4.69) is 0 Å². The molecular formula is C14H22BrNO3. The summed E-state index contributed by atoms with van der Waals surface area (Å²) in [6.07, 6.45) is 0. The van der Waals surface area contributed by atoms with Crippen LogP contribution < -0.4 is 10.5 Å². The molecule has 108 valence electrons. The lowest BCUT2D eigenvalue weighted by Crippen LogP contribution is -2.19. The summed E-state index contributed by atoms with van der Waals surface area (Å²) >= 11 is 0. The van der Waals surface area contributed by atoms with Crippen LogP contribution in [0.4, 0.5) is 0 Å². The minimum Gasteiger partial charge on any atom is -0.492 e. The lowest BCUT2D eigenvalue weighted by atomic mass is 9.88. The third kappa shape index (κ3) is 5.20. The fraction of sp³-hybridized carbons (Fsp3) is 0.500. The molecule has 0 heterocycles. The molecule has 0 bridgehead atoms. The van der Waals surface area contributed by atoms with Gasteiger partial charge in [0.25, 0.3) is 0 Å². The van der Waals surface area contributed by atoms with Crippen molar-refractivity contribution in [2.24, 2.45) is 11.7 Å². The van der Waals surface area contributed by atoms with E-state index in [9.17, 15) is 4.79 Å². The van der Waals surface area contributed by atoms with Crippen LogP contribution in [0, 0.1) is 5.92 Å². The Morgan fingerprint density at radius 2 is 1.84 bits per heavy atom. The Hall–Kier alpha value is -1.07. The van der Waals surface area contributed by atoms with Crippen molar-refractivity contribution in [3.05, 3.63) is 29.8 Å². The number of benzene rings is 1. The van der Waals surface area contributed by atoms with E-state index in [0.29, 0.717) is 13.2 Å². The van der Waals surface area contributed by atoms with Crippen LogP contribution in [0.15, 0.2) is 24.3 Å². The van der Waals surface area contributed by atoms with Crippen molar-refractivity contribution in [2.45, 2.75) is 19.8 Å². The number of hydrogen-bond donors (Lipinski definition) is 1. The lowest BCUT2D eigenvalue weighted by molar-refractivity contribution is -0.143. The van der Waals surface area contributed by atoms with E-state index in [-0.39, 0.29) is 34.8 Å². The van der Waals surface area contributed by atoms with Crippen LogP contribution in [0.3, 0.4) is 0 Å². The molecule has 0 spiro atoms. The highest BCUT2D eigenvalue weighted by Gasteiger charge is 2.24. The molecule has 1 rings (SSSR count). The van der Waals surface area contributed by atoms with Crippen LogP contribution in [-0.2, 0) is 9.53 Å². The molecule has 0 aliphatic carbocycles. The summed E-state index contributed by atoms with van der Waals surface area (Å²) < 4.78 is 10.2. The van der Waals surface area contributed by atoms with Crippen LogP contribution in [0.25, 0.3) is 0 Å². The summed E-state index contributed by atoms with van der Waals surface area (Å²) in [5.41, 5.74) is 6.31. The Bertz CT molecular complexity index is 379. The zero-order valence-electron chi connectivity index (χ0n) is 11.6. The van der Waals surface area contributed by atoms with Gasteiger partial charge in [0, 0.05) is 6.54 Å². The molecule has 5 heteroatoms. The van der Waals surface area contributed by atoms with Gasteiger partial charge in [-0.3, -0.25) is 4.79 Å². The maximum atomic E-state index is 11.7. The van der Waals surface area contributed by atoms with Gasteiger partial charge in [0.1, 0.15) is 12.4 Å². The second-order valence-electron chi connectivity index (χ2n) is 4.45. The number of halogens is 1. The molecular weight excluding hydrogens is 310 g/mol. The summed E-state index contributed by atoms with van der Waals surface area (Å²) in [5.74, 6) is 0.504. The van der Waals surface area contributed by atoms with Crippen molar-refractivity contribution in [3.8, 4) is 5.75 Å². The summed E-state index contributed by atoms with van der Waals surface area (Å²) in [6.45, 7) is 4.98. The minimum absolute atomic E-state index is 0. The average molecular weight is 332 g/mol. The number of methoxy groups -OCH3 is 1. The van der Waals surface area contributed by atoms with Gasteiger partial charge in [-0.1, -0.05) is 26.0 Å². The molecule has 0 aliphatic heterocycles. The van der Waals surface area contributed by atoms with Gasteiger partial charge >= 0.3 is 5.97 Å². The van der Waals surface area contributed by atoms with Crippen LogP contribution in [0.2, 0.25) is 0 Å². The predicted octanol–water partition coefficient (Wildman–Crippen LogP) is 2.51. The smallest absolute Gasteiger partial charge is 0.313 e. The fourth-order valence-corrected chi connectivity index (χ4v) is 1.87. The molecule has 1 aromatic rings. The number of hydrogen-bond acceptors (Lipinski definition) is 4. The molecule has 1 unspecified atom stereocenters. The molecule has 1 atom stereocenters. The van der Waals surface area contributed by atoms with Crippen LogP contribution in [0.5, 0.6) is 5.75 Å². The molecule has 0 aliphatic rings. The number of carbonyl (C=O) groups is 1. The fourth-order valence-electron chi connectivity index (χ4n) is 1.87. The first-order valence-electron chi connectivity index (χ1n) is 6.10. The number of esters is 1. The topological polar surface area (TPSA) is 61.5 Å². The van der Waals surface area contributed by atoms with Crippen molar-refractivity contribution in [3.63, 3.8) is 0 Å². The second-order valence-corrected chi connectivity index (χ2v) is 4.45. The average Bonchev–Trinajstić information content (AvgIpc) is 2.37. The first-order chi connectivity index (χ1) is 8.60. The molecule has 0 saturated carbocycles. The van der Waals surface area contributed by atoms with Crippen LogP contribution in [-0.4, -0.2) is 26.2 Å². The van der Waals surface area contributed by atoms with Crippen LogP contribution >= 0.6 is 17.0 Å². The van der Waals surface area contributed by atoms with Crippen LogP contribution in [0.1, 0.15) is 25.3 Å². The minimum atomic E-state index is -0.237. The number of carbonyl (C=O) groups excluding carboxylic acids is 1. The largest absolute Gasteiger partial charge is 0.492 e. The zero-order chi connectivity index (χ0) is 13.5. The lowest BCUT2D eigenvalue weighted by Gasteiger charge is -2.19. The van der Waals surface area contributed by atoms with Crippen molar-refractivity contribution in [1.82, 2.24) is 0 Å². The third-order valence-corrected chi connectivity index (χ3v) is 2.75. The van der Waals surface area contributed by atoms with Gasteiger partial charge < -0.3 is 15.2 Å². The number of rotatable bonds is 6. The second kappa shape index (κ2) is 8.93. The summed E-state index contributed by atoms with van der Waals surface area (Å²) in [7, 11) is 1.41. The van der Waals surface area contributed by atoms with E-state index in [1.807, 2.05) is 38.1 Å². The van der Waals surface area contributed by atoms with Crippen molar-refractivity contribution in [2.75, 3.05) is 20.3 Å². The van der Waals surface area contributed by atoms with E-state index in [1.165, 1.54) is 7.11 Å². The van der Waals surface area contributed by atoms with E-state index >= 15 is 0 Å². The summed E-state index contributed by atoms with van der Waals surface area (Å²) in [6, 6.07) is 7.49. The highest BCUT2D eigenvalue weighted by atomic mass is 79.9. The predicted molar refractivity (Wildman–Crippen MR) is 80.9 cm³/mol. The molecule has 0 fully saturated rings. The SMILES string of the molecule is Br.COC(=O)C(c1ccc(OCCN)cc1)C(C)C. The van der Waals surface area contributed by atoms with Crippen molar-refractivity contribution in [1.29, 1.82) is 0 Å². The Morgan fingerprint density at radius 3 is 2.26 bits per heavy atom. The van der Waals surface area contributed by atoms with Gasteiger partial charge in [-0.25, -0.2) is 0 Å². The summed E-state index contributed by atoms with van der Waals surface area (Å²) in [4.78, 5) is 11.7. The Labute approximate surface area is 125 Å². The van der Waals surface area contributed by atoms with E-state index in [4.69, 9.17) is 15.2 Å². The van der Waals surface area contributed by atoms with Gasteiger partial charge in [-0.05, 0) is 23.6 Å². The molecule has 0 aromatic heterocycles. The number of nitrogens with two attached hydrogens (primary N) is 1. The quantitative estimate of drug-likeness (QED) is 0.813. The van der Waals surface area contributed by atoms with Gasteiger partial charge in [0.15, 0.2) is 0 Å². The highest BCUT2D eigenvalue weighted by molar-refractivity contribution is 8.93. The third-order valence-electron chi connectivity index (χ3n) is 2.75. The Balaban J connectivity index is 0.00000324. The molecule has 1 aromatic carbocycles. The maximum absolute atomic E-state index is 11.7. The van der Waals surface area contributed by atoms with Gasteiger partial charge in [-0.2, -0.15) is 0 Å². The molecule has 0 saturated heterocycles. The zero-order valence-corrected chi connectivity index (χ0v) is 13.3. The molecule has 4 nitrogen and oxygen atoms in total. The highest BCUT2D eigenvalue weighted by Crippen LogP contribution is 2.27. The van der Waals surface area contributed by atoms with Gasteiger partial charge in [0.2, 0.25) is 0 Å². The first-order valence-corrected chi connectivity index (χ1v) is 6.10.